The second-order valence-corrected chi connectivity index (χ2v) is 7.85. The van der Waals surface area contributed by atoms with Crippen LogP contribution in [-0.2, 0) is 17.9 Å². The van der Waals surface area contributed by atoms with Gasteiger partial charge in [-0.15, -0.1) is 0 Å². The Bertz CT molecular complexity index is 764. The van der Waals surface area contributed by atoms with Gasteiger partial charge in [0.1, 0.15) is 6.61 Å². The van der Waals surface area contributed by atoms with Gasteiger partial charge < -0.3 is 15.8 Å². The fraction of sp³-hybridized carbons (Fsp3) is 0.429. The molecule has 0 spiro atoms. The Kier molecular flexibility index (Phi) is 9.26. The molecule has 2 aromatic rings. The lowest BCUT2D eigenvalue weighted by molar-refractivity contribution is -0.458. The highest BCUT2D eigenvalue weighted by Gasteiger charge is 2.27. The molecular formula is C21H29F3N3O2+. The van der Waals surface area contributed by atoms with E-state index >= 15 is 0 Å². The summed E-state index contributed by atoms with van der Waals surface area (Å²) in [4.78, 5) is 16.0. The third-order valence-electron chi connectivity index (χ3n) is 3.17. The zero-order valence-electron chi connectivity index (χ0n) is 17.3. The number of ether oxygens (including phenoxy) is 1. The van der Waals surface area contributed by atoms with E-state index in [-0.39, 0.29) is 18.1 Å². The molecule has 0 bridgehead atoms. The molecule has 4 N–H and O–H groups in total. The monoisotopic (exact) mass is 412 g/mol. The Morgan fingerprint density at radius 2 is 1.66 bits per heavy atom. The number of benzene rings is 1. The van der Waals surface area contributed by atoms with E-state index in [0.717, 1.165) is 11.3 Å². The van der Waals surface area contributed by atoms with Gasteiger partial charge in [-0.1, -0.05) is 24.3 Å². The largest absolute Gasteiger partial charge is 0.411 e. The minimum Gasteiger partial charge on any atom is -0.367 e. The molecule has 29 heavy (non-hydrogen) atoms. The van der Waals surface area contributed by atoms with E-state index in [1.165, 1.54) is 0 Å². The maximum absolute atomic E-state index is 12.0. The van der Waals surface area contributed by atoms with Crippen LogP contribution in [0, 0.1) is 6.92 Å². The number of alkyl halides is 3. The predicted molar refractivity (Wildman–Crippen MR) is 105 cm³/mol. The van der Waals surface area contributed by atoms with Gasteiger partial charge in [0.15, 0.2) is 0 Å². The van der Waals surface area contributed by atoms with Crippen molar-refractivity contribution in [3.63, 3.8) is 0 Å². The molecule has 0 unspecified atom stereocenters. The Morgan fingerprint density at radius 3 is 2.17 bits per heavy atom. The minimum absolute atomic E-state index is 0.109. The highest BCUT2D eigenvalue weighted by molar-refractivity contribution is 5.94. The van der Waals surface area contributed by atoms with Crippen LogP contribution in [0.2, 0.25) is 0 Å². The molecule has 0 atom stereocenters. The SMILES string of the molecule is CC(C)(C)[NH3+].Cc1cc(C(=O)NCc2ccc(COCC(F)(F)F)cc2)ccn1. The number of amides is 1. The number of carbonyl (C=O) groups is 1. The minimum atomic E-state index is -4.32. The first-order valence-electron chi connectivity index (χ1n) is 9.12. The Morgan fingerprint density at radius 1 is 1.10 bits per heavy atom. The molecule has 8 heteroatoms. The van der Waals surface area contributed by atoms with Crippen LogP contribution in [0.15, 0.2) is 42.6 Å². The lowest BCUT2D eigenvalue weighted by atomic mass is 10.1. The van der Waals surface area contributed by atoms with Crippen molar-refractivity contribution in [2.24, 2.45) is 0 Å². The summed E-state index contributed by atoms with van der Waals surface area (Å²) in [5.41, 5.74) is 6.78. The average Bonchev–Trinajstić information content (AvgIpc) is 2.58. The number of halogens is 3. The fourth-order valence-electron chi connectivity index (χ4n) is 2.01. The molecule has 1 aromatic carbocycles. The van der Waals surface area contributed by atoms with Crippen molar-refractivity contribution >= 4 is 5.91 Å². The van der Waals surface area contributed by atoms with Gasteiger partial charge in [0, 0.05) is 24.0 Å². The van der Waals surface area contributed by atoms with Crippen LogP contribution in [0.25, 0.3) is 0 Å². The third kappa shape index (κ3) is 12.6. The lowest BCUT2D eigenvalue weighted by Gasteiger charge is -2.09. The summed E-state index contributed by atoms with van der Waals surface area (Å²) in [5.74, 6) is -0.210. The van der Waals surface area contributed by atoms with Crippen LogP contribution >= 0.6 is 0 Å². The molecule has 2 rings (SSSR count). The summed E-state index contributed by atoms with van der Waals surface area (Å²) in [6.45, 7) is 6.98. The number of carbonyl (C=O) groups excluding carboxylic acids is 1. The first-order chi connectivity index (χ1) is 13.3. The molecule has 0 saturated carbocycles. The molecule has 1 aromatic heterocycles. The van der Waals surface area contributed by atoms with E-state index in [4.69, 9.17) is 0 Å². The van der Waals surface area contributed by atoms with Crippen molar-refractivity contribution in [2.75, 3.05) is 6.61 Å². The van der Waals surface area contributed by atoms with E-state index in [0.29, 0.717) is 17.7 Å². The average molecular weight is 412 g/mol. The number of aryl methyl sites for hydroxylation is 1. The lowest BCUT2D eigenvalue weighted by Crippen LogP contribution is -2.67. The van der Waals surface area contributed by atoms with Crippen LogP contribution in [0.4, 0.5) is 13.2 Å². The number of aromatic nitrogens is 1. The van der Waals surface area contributed by atoms with Gasteiger partial charge in [0.25, 0.3) is 5.91 Å². The van der Waals surface area contributed by atoms with Crippen LogP contribution in [0.3, 0.4) is 0 Å². The quantitative estimate of drug-likeness (QED) is 0.763. The summed E-state index contributed by atoms with van der Waals surface area (Å²) in [6, 6.07) is 10.2. The number of hydrogen-bond donors (Lipinski definition) is 2. The molecule has 0 fully saturated rings. The third-order valence-corrected chi connectivity index (χ3v) is 3.17. The molecule has 1 amide bonds. The van der Waals surface area contributed by atoms with Gasteiger partial charge in [0.2, 0.25) is 0 Å². The van der Waals surface area contributed by atoms with Gasteiger partial charge >= 0.3 is 6.18 Å². The van der Waals surface area contributed by atoms with Crippen LogP contribution in [0.5, 0.6) is 0 Å². The first-order valence-corrected chi connectivity index (χ1v) is 9.12. The van der Waals surface area contributed by atoms with Crippen molar-refractivity contribution in [1.29, 1.82) is 0 Å². The van der Waals surface area contributed by atoms with E-state index in [9.17, 15) is 18.0 Å². The number of quaternary nitrogens is 1. The summed E-state index contributed by atoms with van der Waals surface area (Å²) in [6.07, 6.45) is -2.75. The number of nitrogens with one attached hydrogen (secondary N) is 1. The van der Waals surface area contributed by atoms with Crippen LogP contribution < -0.4 is 11.1 Å². The zero-order valence-corrected chi connectivity index (χ0v) is 17.3. The molecule has 160 valence electrons. The second-order valence-electron chi connectivity index (χ2n) is 7.85. The van der Waals surface area contributed by atoms with E-state index in [2.05, 4.69) is 41.5 Å². The summed E-state index contributed by atoms with van der Waals surface area (Å²) in [5, 5.41) is 2.78. The van der Waals surface area contributed by atoms with Crippen molar-refractivity contribution < 1.29 is 28.4 Å². The number of hydrogen-bond acceptors (Lipinski definition) is 3. The van der Waals surface area contributed by atoms with Crippen molar-refractivity contribution in [3.8, 4) is 0 Å². The first kappa shape index (κ1) is 24.6. The van der Waals surface area contributed by atoms with Crippen molar-refractivity contribution in [3.05, 3.63) is 65.0 Å². The molecule has 0 saturated heterocycles. The highest BCUT2D eigenvalue weighted by Crippen LogP contribution is 2.15. The smallest absolute Gasteiger partial charge is 0.367 e. The maximum atomic E-state index is 12.0. The van der Waals surface area contributed by atoms with Gasteiger partial charge in [-0.2, -0.15) is 13.2 Å². The van der Waals surface area contributed by atoms with Gasteiger partial charge in [-0.3, -0.25) is 9.78 Å². The summed E-state index contributed by atoms with van der Waals surface area (Å²) in [7, 11) is 0. The molecule has 1 heterocycles. The fourth-order valence-corrected chi connectivity index (χ4v) is 2.01. The molecule has 5 nitrogen and oxygen atoms in total. The summed E-state index contributed by atoms with van der Waals surface area (Å²) < 4.78 is 40.6. The Balaban J connectivity index is 0.000000749. The predicted octanol–water partition coefficient (Wildman–Crippen LogP) is 3.43. The van der Waals surface area contributed by atoms with E-state index in [1.807, 2.05) is 0 Å². The van der Waals surface area contributed by atoms with Crippen molar-refractivity contribution in [2.45, 2.75) is 52.6 Å². The second kappa shape index (κ2) is 10.9. The van der Waals surface area contributed by atoms with Gasteiger partial charge in [-0.05, 0) is 51.0 Å². The van der Waals surface area contributed by atoms with Crippen molar-refractivity contribution in [1.82, 2.24) is 10.3 Å². The van der Waals surface area contributed by atoms with Crippen LogP contribution in [0.1, 0.15) is 48.0 Å². The van der Waals surface area contributed by atoms with E-state index in [1.54, 1.807) is 49.5 Å². The Hall–Kier alpha value is -2.45. The van der Waals surface area contributed by atoms with Crippen LogP contribution in [-0.4, -0.2) is 29.2 Å². The van der Waals surface area contributed by atoms with Gasteiger partial charge in [-0.25, -0.2) is 0 Å². The van der Waals surface area contributed by atoms with Gasteiger partial charge in [0.05, 0.1) is 12.1 Å². The van der Waals surface area contributed by atoms with E-state index < -0.39 is 12.8 Å². The summed E-state index contributed by atoms with van der Waals surface area (Å²) >= 11 is 0. The molecule has 0 aliphatic carbocycles. The molecule has 0 radical (unpaired) electrons. The number of rotatable bonds is 6. The number of nitrogens with zero attached hydrogens (tertiary/aromatic N) is 1. The topological polar surface area (TPSA) is 78.9 Å². The molecule has 0 aliphatic heterocycles. The maximum Gasteiger partial charge on any atom is 0.411 e. The molecular weight excluding hydrogens is 383 g/mol. The molecule has 0 aliphatic rings. The number of pyridine rings is 1. The standard InChI is InChI=1S/C17H17F3N2O2.C4H11N/c1-12-8-15(6-7-21-12)16(23)22-9-13-2-4-14(5-3-13)10-24-11-17(18,19)20;1-4(2,3)5/h2-8H,9-11H2,1H3,(H,22,23);5H2,1-3H3/p+1. The highest BCUT2D eigenvalue weighted by atomic mass is 19.4. The normalized spacial score (nSPS) is 11.4. The Labute approximate surface area is 169 Å². The zero-order chi connectivity index (χ0) is 22.1.